The molecule has 1 fully saturated rings. The maximum Gasteiger partial charge on any atom is 0.391 e. The van der Waals surface area contributed by atoms with Crippen molar-refractivity contribution in [2.75, 3.05) is 12.8 Å². The second kappa shape index (κ2) is 8.31. The predicted molar refractivity (Wildman–Crippen MR) is 115 cm³/mol. The number of alkyl halides is 3. The largest absolute Gasteiger partial charge is 0.391 e. The molecule has 0 spiro atoms. The Bertz CT molecular complexity index is 1070. The van der Waals surface area contributed by atoms with Gasteiger partial charge in [0.15, 0.2) is 0 Å². The maximum atomic E-state index is 12.7. The Labute approximate surface area is 176 Å². The Morgan fingerprint density at radius 3 is 2.70 bits per heavy atom. The molecule has 1 atom stereocenters. The third-order valence-corrected chi connectivity index (χ3v) is 6.41. The number of nitrogens with two attached hydrogens (primary N) is 1. The summed E-state index contributed by atoms with van der Waals surface area (Å²) in [5, 5.41) is 11.4. The standard InChI is InChI=1S/C20H19F3N4OS.CH4/c1-25-8-13-4-12(9-26-18(13)24)15-3-2-10-7-16(29-19(10)27-15)17(28)11-5-14(6-11)20(21,22)23;/h2-4,7-9,11,14,17,28H,5-6H2,1H3,(H2,24,26);1H4. The van der Waals surface area contributed by atoms with Crippen LogP contribution in [0.15, 0.2) is 35.5 Å². The van der Waals surface area contributed by atoms with Crippen LogP contribution >= 0.6 is 11.3 Å². The quantitative estimate of drug-likeness (QED) is 0.547. The number of anilines is 1. The lowest BCUT2D eigenvalue weighted by atomic mass is 9.71. The Morgan fingerprint density at radius 1 is 1.30 bits per heavy atom. The van der Waals surface area contributed by atoms with E-state index in [1.807, 2.05) is 18.2 Å². The molecule has 0 amide bonds. The number of aromatic nitrogens is 2. The van der Waals surface area contributed by atoms with Crippen LogP contribution in [0.2, 0.25) is 0 Å². The number of fused-ring (bicyclic) bond motifs is 1. The van der Waals surface area contributed by atoms with Gasteiger partial charge in [-0.05, 0) is 43.0 Å². The van der Waals surface area contributed by atoms with Gasteiger partial charge in [-0.2, -0.15) is 13.2 Å². The van der Waals surface area contributed by atoms with E-state index in [4.69, 9.17) is 5.73 Å². The number of hydrogen-bond donors (Lipinski definition) is 2. The zero-order valence-electron chi connectivity index (χ0n) is 15.5. The molecule has 0 saturated heterocycles. The lowest BCUT2D eigenvalue weighted by Gasteiger charge is -2.38. The average molecular weight is 437 g/mol. The van der Waals surface area contributed by atoms with Crippen LogP contribution in [0.5, 0.6) is 0 Å². The van der Waals surface area contributed by atoms with Gasteiger partial charge in [0.05, 0.1) is 17.7 Å². The molecule has 1 aliphatic carbocycles. The van der Waals surface area contributed by atoms with E-state index in [2.05, 4.69) is 15.0 Å². The van der Waals surface area contributed by atoms with Crippen LogP contribution in [0.25, 0.3) is 21.5 Å². The van der Waals surface area contributed by atoms with Gasteiger partial charge >= 0.3 is 6.18 Å². The van der Waals surface area contributed by atoms with Gasteiger partial charge in [-0.1, -0.05) is 7.43 Å². The highest BCUT2D eigenvalue weighted by Crippen LogP contribution is 2.50. The van der Waals surface area contributed by atoms with Crippen molar-refractivity contribution in [3.8, 4) is 11.3 Å². The number of rotatable bonds is 4. The van der Waals surface area contributed by atoms with Crippen LogP contribution in [0.3, 0.4) is 0 Å². The predicted octanol–water partition coefficient (Wildman–Crippen LogP) is 5.25. The normalized spacial score (nSPS) is 20.2. The van der Waals surface area contributed by atoms with Crippen LogP contribution < -0.4 is 5.73 Å². The fraction of sp³-hybridized carbons (Fsp3) is 0.381. The highest BCUT2D eigenvalue weighted by molar-refractivity contribution is 7.18. The first-order chi connectivity index (χ1) is 13.8. The molecule has 5 nitrogen and oxygen atoms in total. The zero-order chi connectivity index (χ0) is 20.8. The fourth-order valence-electron chi connectivity index (χ4n) is 3.54. The van der Waals surface area contributed by atoms with Crippen molar-refractivity contribution in [1.29, 1.82) is 0 Å². The van der Waals surface area contributed by atoms with Gasteiger partial charge in [0.25, 0.3) is 0 Å². The molecule has 0 radical (unpaired) electrons. The van der Waals surface area contributed by atoms with Crippen molar-refractivity contribution in [3.63, 3.8) is 0 Å². The molecular weight excluding hydrogens is 413 g/mol. The molecule has 160 valence electrons. The van der Waals surface area contributed by atoms with Crippen molar-refractivity contribution in [2.24, 2.45) is 16.8 Å². The highest BCUT2D eigenvalue weighted by atomic mass is 32.1. The van der Waals surface area contributed by atoms with Gasteiger partial charge in [-0.25, -0.2) is 9.97 Å². The molecule has 1 unspecified atom stereocenters. The molecule has 9 heteroatoms. The first-order valence-corrected chi connectivity index (χ1v) is 9.91. The number of nitrogens with zero attached hydrogens (tertiary/aromatic N) is 3. The van der Waals surface area contributed by atoms with E-state index < -0.39 is 18.2 Å². The molecule has 1 saturated carbocycles. The van der Waals surface area contributed by atoms with E-state index in [-0.39, 0.29) is 26.2 Å². The number of pyridine rings is 2. The number of aliphatic imine (C=N–C) groups is 1. The molecule has 0 aromatic carbocycles. The van der Waals surface area contributed by atoms with Gasteiger partial charge in [-0.15, -0.1) is 11.3 Å². The SMILES string of the molecule is C.CN=Cc1cc(-c2ccc3cc(C(O)C4CC(C(F)(F)F)C4)sc3n2)cnc1N. The summed E-state index contributed by atoms with van der Waals surface area (Å²) in [6.07, 6.45) is -1.89. The highest BCUT2D eigenvalue weighted by Gasteiger charge is 2.50. The maximum absolute atomic E-state index is 12.7. The Balaban J connectivity index is 0.00000256. The van der Waals surface area contributed by atoms with Crippen LogP contribution in [-0.2, 0) is 0 Å². The van der Waals surface area contributed by atoms with Crippen LogP contribution in [-0.4, -0.2) is 34.5 Å². The summed E-state index contributed by atoms with van der Waals surface area (Å²) >= 11 is 1.30. The average Bonchev–Trinajstić information content (AvgIpc) is 3.04. The van der Waals surface area contributed by atoms with E-state index in [1.54, 1.807) is 25.5 Å². The first kappa shape index (κ1) is 22.2. The van der Waals surface area contributed by atoms with Crippen LogP contribution in [0, 0.1) is 11.8 Å². The summed E-state index contributed by atoms with van der Waals surface area (Å²) in [5.41, 5.74) is 8.01. The van der Waals surface area contributed by atoms with Crippen molar-refractivity contribution in [1.82, 2.24) is 9.97 Å². The molecule has 1 aliphatic rings. The van der Waals surface area contributed by atoms with Crippen molar-refractivity contribution in [2.45, 2.75) is 32.5 Å². The zero-order valence-corrected chi connectivity index (χ0v) is 16.3. The van der Waals surface area contributed by atoms with Crippen LogP contribution in [0.4, 0.5) is 19.0 Å². The Morgan fingerprint density at radius 2 is 2.03 bits per heavy atom. The minimum atomic E-state index is -4.18. The Hall–Kier alpha value is -2.52. The van der Waals surface area contributed by atoms with Gasteiger partial charge in [0, 0.05) is 40.8 Å². The van der Waals surface area contributed by atoms with Gasteiger partial charge in [-0.3, -0.25) is 4.99 Å². The van der Waals surface area contributed by atoms with Gasteiger partial charge in [0.1, 0.15) is 10.6 Å². The van der Waals surface area contributed by atoms with E-state index in [9.17, 15) is 18.3 Å². The number of nitrogen functional groups attached to an aromatic ring is 1. The van der Waals surface area contributed by atoms with Crippen molar-refractivity contribution >= 4 is 33.6 Å². The molecule has 0 aliphatic heterocycles. The summed E-state index contributed by atoms with van der Waals surface area (Å²) in [6.45, 7) is 0. The smallest absolute Gasteiger partial charge is 0.387 e. The fourth-order valence-corrected chi connectivity index (χ4v) is 4.65. The number of aliphatic hydroxyl groups excluding tert-OH is 1. The molecule has 3 aromatic rings. The molecule has 4 rings (SSSR count). The number of halogens is 3. The second-order valence-electron chi connectivity index (χ2n) is 7.24. The molecule has 3 N–H and O–H groups in total. The second-order valence-corrected chi connectivity index (χ2v) is 8.30. The topological polar surface area (TPSA) is 84.4 Å². The summed E-state index contributed by atoms with van der Waals surface area (Å²) in [5.74, 6) is -1.30. The third kappa shape index (κ3) is 4.17. The van der Waals surface area contributed by atoms with Crippen molar-refractivity contribution < 1.29 is 18.3 Å². The minimum Gasteiger partial charge on any atom is -0.387 e. The summed E-state index contributed by atoms with van der Waals surface area (Å²) in [7, 11) is 1.65. The lowest BCUT2D eigenvalue weighted by molar-refractivity contribution is -0.212. The molecule has 0 bridgehead atoms. The molecule has 3 aromatic heterocycles. The van der Waals surface area contributed by atoms with E-state index in [0.717, 1.165) is 10.9 Å². The van der Waals surface area contributed by atoms with Gasteiger partial charge < -0.3 is 10.8 Å². The Kier molecular flexibility index (Phi) is 6.14. The molecule has 3 heterocycles. The molecule has 30 heavy (non-hydrogen) atoms. The summed E-state index contributed by atoms with van der Waals surface area (Å²) in [4.78, 5) is 14.1. The summed E-state index contributed by atoms with van der Waals surface area (Å²) < 4.78 is 38.1. The number of aliphatic hydroxyl groups is 1. The van der Waals surface area contributed by atoms with E-state index in [1.165, 1.54) is 11.3 Å². The monoisotopic (exact) mass is 436 g/mol. The van der Waals surface area contributed by atoms with E-state index >= 15 is 0 Å². The van der Waals surface area contributed by atoms with Crippen molar-refractivity contribution in [3.05, 3.63) is 40.9 Å². The third-order valence-electron chi connectivity index (χ3n) is 5.29. The number of thiophene rings is 1. The van der Waals surface area contributed by atoms with Gasteiger partial charge in [0.2, 0.25) is 0 Å². The van der Waals surface area contributed by atoms with Crippen LogP contribution in [0.1, 0.15) is 36.8 Å². The first-order valence-electron chi connectivity index (χ1n) is 9.09. The molecular formula is C21H23F3N4OS. The lowest BCUT2D eigenvalue weighted by Crippen LogP contribution is -2.38. The van der Waals surface area contributed by atoms with E-state index in [0.29, 0.717) is 26.8 Å². The summed E-state index contributed by atoms with van der Waals surface area (Å²) in [6, 6.07) is 7.37. The number of hydrogen-bond acceptors (Lipinski definition) is 6. The minimum absolute atomic E-state index is 0.